The summed E-state index contributed by atoms with van der Waals surface area (Å²) in [6, 6.07) is 2.79. The minimum absolute atomic E-state index is 0.00878. The fraction of sp³-hybridized carbons (Fsp3) is 0.474. The van der Waals surface area contributed by atoms with E-state index in [0.717, 1.165) is 0 Å². The summed E-state index contributed by atoms with van der Waals surface area (Å²) in [5.41, 5.74) is 2.75. The van der Waals surface area contributed by atoms with Crippen LogP contribution in [0.3, 0.4) is 0 Å². The minimum Gasteiger partial charge on any atom is -0.389 e. The first-order valence-corrected chi connectivity index (χ1v) is 10.0. The Morgan fingerprint density at radius 1 is 1.45 bits per heavy atom. The number of fused-ring (bicyclic) bond motifs is 1. The van der Waals surface area contributed by atoms with Crippen LogP contribution in [0, 0.1) is 5.82 Å². The number of benzene rings is 1. The summed E-state index contributed by atoms with van der Waals surface area (Å²) >= 11 is 5.99. The molecule has 2 aliphatic heterocycles. The molecule has 3 unspecified atom stereocenters. The van der Waals surface area contributed by atoms with Gasteiger partial charge in [-0.05, 0) is 26.0 Å². The molecule has 31 heavy (non-hydrogen) atoms. The second kappa shape index (κ2) is 9.58. The highest BCUT2D eigenvalue weighted by atomic mass is 35.5. The monoisotopic (exact) mass is 454 g/mol. The van der Waals surface area contributed by atoms with Gasteiger partial charge in [-0.2, -0.15) is 5.10 Å². The van der Waals surface area contributed by atoms with Crippen LogP contribution in [0.5, 0.6) is 0 Å². The molecule has 12 heteroatoms. The third-order valence-electron chi connectivity index (χ3n) is 4.75. The highest BCUT2D eigenvalue weighted by Crippen LogP contribution is 2.24. The predicted octanol–water partition coefficient (Wildman–Crippen LogP) is 0.736. The Morgan fingerprint density at radius 2 is 2.19 bits per heavy atom. The fourth-order valence-electron chi connectivity index (χ4n) is 3.19. The van der Waals surface area contributed by atoms with Gasteiger partial charge in [0.1, 0.15) is 5.82 Å². The molecule has 0 bridgehead atoms. The number of urea groups is 1. The maximum Gasteiger partial charge on any atom is 0.325 e. The van der Waals surface area contributed by atoms with E-state index in [-0.39, 0.29) is 35.8 Å². The zero-order chi connectivity index (χ0) is 22.7. The zero-order valence-electron chi connectivity index (χ0n) is 17.2. The van der Waals surface area contributed by atoms with E-state index >= 15 is 0 Å². The molecular formula is C19H24ClFN6O4. The van der Waals surface area contributed by atoms with E-state index in [1.807, 2.05) is 13.8 Å². The Morgan fingerprint density at radius 3 is 2.87 bits per heavy atom. The van der Waals surface area contributed by atoms with Crippen LogP contribution in [-0.4, -0.2) is 83.6 Å². The van der Waals surface area contributed by atoms with E-state index in [1.54, 1.807) is 0 Å². The fourth-order valence-corrected chi connectivity index (χ4v) is 3.40. The third kappa shape index (κ3) is 5.12. The summed E-state index contributed by atoms with van der Waals surface area (Å²) in [5.74, 6) is -0.964. The van der Waals surface area contributed by atoms with Crippen LogP contribution in [0.15, 0.2) is 28.3 Å². The molecule has 1 aromatic carbocycles. The Balaban J connectivity index is 1.81. The molecule has 2 aliphatic rings. The summed E-state index contributed by atoms with van der Waals surface area (Å²) in [6.07, 6.45) is -0.639. The molecule has 3 atom stereocenters. The average molecular weight is 455 g/mol. The second-order valence-corrected chi connectivity index (χ2v) is 7.82. The topological polar surface area (TPSA) is 119 Å². The molecule has 1 saturated heterocycles. The number of guanidine groups is 1. The van der Waals surface area contributed by atoms with Crippen molar-refractivity contribution < 1.29 is 23.8 Å². The van der Waals surface area contributed by atoms with Crippen molar-refractivity contribution in [3.63, 3.8) is 0 Å². The van der Waals surface area contributed by atoms with Crippen molar-refractivity contribution in [3.8, 4) is 0 Å². The Bertz CT molecular complexity index is 891. The number of aliphatic hydroxyl groups excluding tert-OH is 1. The van der Waals surface area contributed by atoms with Crippen molar-refractivity contribution in [2.75, 3.05) is 20.2 Å². The molecule has 3 rings (SSSR count). The standard InChI is InChI=1S/C19H24ClFN6O4/c1-10(2)31-9-11(28)8-27-15-16(26(3)19(30)24-17(15)29)23-18(27)25-22-7-12-13(20)5-4-6-14(12)21/h4-7,10-11,15-16,28H,8-9H2,1-3H3,(H,23,25)(H,24,29,30)/b22-7-. The number of amides is 3. The van der Waals surface area contributed by atoms with Crippen molar-refractivity contribution in [2.24, 2.45) is 10.1 Å². The molecule has 0 radical (unpaired) electrons. The molecule has 10 nitrogen and oxygen atoms in total. The number of carbonyl (C=O) groups is 2. The maximum absolute atomic E-state index is 13.9. The van der Waals surface area contributed by atoms with Gasteiger partial charge in [-0.25, -0.2) is 19.6 Å². The van der Waals surface area contributed by atoms with Crippen LogP contribution in [0.1, 0.15) is 19.4 Å². The summed E-state index contributed by atoms with van der Waals surface area (Å²) < 4.78 is 19.4. The molecule has 168 valence electrons. The van der Waals surface area contributed by atoms with E-state index in [4.69, 9.17) is 16.3 Å². The summed E-state index contributed by atoms with van der Waals surface area (Å²) in [5, 5.41) is 16.8. The van der Waals surface area contributed by atoms with Crippen LogP contribution >= 0.6 is 11.6 Å². The normalized spacial score (nSPS) is 22.1. The number of halogens is 2. The molecule has 3 N–H and O–H groups in total. The summed E-state index contributed by atoms with van der Waals surface area (Å²) in [7, 11) is 1.50. The number of ether oxygens (including phenoxy) is 1. The number of β-amino-alcohol motifs (C(OH)–C–C–N with tert-alkyl or cyclic N) is 1. The smallest absolute Gasteiger partial charge is 0.325 e. The minimum atomic E-state index is -0.936. The van der Waals surface area contributed by atoms with Crippen molar-refractivity contribution in [1.29, 1.82) is 0 Å². The highest BCUT2D eigenvalue weighted by Gasteiger charge is 2.49. The van der Waals surface area contributed by atoms with Gasteiger partial charge in [0.25, 0.3) is 5.91 Å². The van der Waals surface area contributed by atoms with E-state index in [1.165, 1.54) is 41.3 Å². The number of nitrogens with zero attached hydrogens (tertiary/aromatic N) is 4. The van der Waals surface area contributed by atoms with Gasteiger partial charge in [0.15, 0.2) is 12.2 Å². The molecule has 1 fully saturated rings. The lowest BCUT2D eigenvalue weighted by atomic mass is 10.1. The molecular weight excluding hydrogens is 431 g/mol. The Hall–Kier alpha value is -2.76. The molecule has 0 saturated carbocycles. The molecule has 1 aromatic rings. The third-order valence-corrected chi connectivity index (χ3v) is 5.08. The number of rotatable bonds is 7. The van der Waals surface area contributed by atoms with Crippen LogP contribution < -0.4 is 10.7 Å². The number of nitrogens with one attached hydrogen (secondary N) is 2. The van der Waals surface area contributed by atoms with Crippen LogP contribution in [0.4, 0.5) is 9.18 Å². The van der Waals surface area contributed by atoms with Crippen molar-refractivity contribution in [1.82, 2.24) is 20.5 Å². The number of hydrogen-bond acceptors (Lipinski definition) is 8. The second-order valence-electron chi connectivity index (χ2n) is 7.41. The maximum atomic E-state index is 13.9. The lowest BCUT2D eigenvalue weighted by molar-refractivity contribution is -0.127. The van der Waals surface area contributed by atoms with Crippen LogP contribution in [-0.2, 0) is 9.53 Å². The SMILES string of the molecule is CC(C)OCC(O)CN1C(N/N=C\c2c(F)cccc2Cl)=NC2C1C(=O)NC(=O)N2C. The molecule has 3 amide bonds. The van der Waals surface area contributed by atoms with Gasteiger partial charge in [-0.1, -0.05) is 17.7 Å². The van der Waals surface area contributed by atoms with Crippen molar-refractivity contribution in [3.05, 3.63) is 34.6 Å². The lowest BCUT2D eigenvalue weighted by Crippen LogP contribution is -2.64. The summed E-state index contributed by atoms with van der Waals surface area (Å²) in [4.78, 5) is 31.6. The number of aliphatic imine (C=N–C) groups is 1. The van der Waals surface area contributed by atoms with Gasteiger partial charge in [-0.15, -0.1) is 0 Å². The number of hydrogen-bond donors (Lipinski definition) is 3. The quantitative estimate of drug-likeness (QED) is 0.413. The Labute approximate surface area is 183 Å². The van der Waals surface area contributed by atoms with Gasteiger partial charge in [-0.3, -0.25) is 10.1 Å². The first kappa shape index (κ1) is 22.9. The number of aliphatic hydroxyl groups is 1. The predicted molar refractivity (Wildman–Crippen MR) is 112 cm³/mol. The van der Waals surface area contributed by atoms with Crippen molar-refractivity contribution in [2.45, 2.75) is 38.3 Å². The molecule has 0 aromatic heterocycles. The first-order valence-electron chi connectivity index (χ1n) is 9.64. The number of likely N-dealkylation sites (N-methyl/N-ethyl adjacent to an activating group) is 1. The number of hydrazone groups is 1. The zero-order valence-corrected chi connectivity index (χ0v) is 18.0. The van der Waals surface area contributed by atoms with Crippen LogP contribution in [0.2, 0.25) is 5.02 Å². The van der Waals surface area contributed by atoms with Gasteiger partial charge < -0.3 is 19.6 Å². The summed E-state index contributed by atoms with van der Waals surface area (Å²) in [6.45, 7) is 3.71. The van der Waals surface area contributed by atoms with E-state index in [2.05, 4.69) is 20.8 Å². The van der Waals surface area contributed by atoms with Crippen LogP contribution in [0.25, 0.3) is 0 Å². The van der Waals surface area contributed by atoms with E-state index in [0.29, 0.717) is 0 Å². The van der Waals surface area contributed by atoms with E-state index in [9.17, 15) is 19.1 Å². The van der Waals surface area contributed by atoms with Gasteiger partial charge >= 0.3 is 6.03 Å². The largest absolute Gasteiger partial charge is 0.389 e. The molecule has 2 heterocycles. The van der Waals surface area contributed by atoms with Gasteiger partial charge in [0.2, 0.25) is 5.96 Å². The van der Waals surface area contributed by atoms with E-state index < -0.39 is 36.1 Å². The van der Waals surface area contributed by atoms with Gasteiger partial charge in [0, 0.05) is 12.6 Å². The Kier molecular flexibility index (Phi) is 7.08. The highest BCUT2D eigenvalue weighted by molar-refractivity contribution is 6.33. The van der Waals surface area contributed by atoms with Gasteiger partial charge in [0.05, 0.1) is 36.6 Å². The average Bonchev–Trinajstić information content (AvgIpc) is 3.05. The lowest BCUT2D eigenvalue weighted by Gasteiger charge is -2.36. The first-order chi connectivity index (χ1) is 14.7. The number of carbonyl (C=O) groups excluding carboxylic acids is 2. The molecule has 0 spiro atoms. The number of imide groups is 1. The molecule has 0 aliphatic carbocycles. The van der Waals surface area contributed by atoms with Crippen molar-refractivity contribution >= 4 is 35.7 Å².